The summed E-state index contributed by atoms with van der Waals surface area (Å²) in [6.45, 7) is 3.61. The quantitative estimate of drug-likeness (QED) is 0.142. The van der Waals surface area contributed by atoms with Gasteiger partial charge in [0.1, 0.15) is 12.2 Å². The molecule has 0 aliphatic carbocycles. The number of piperidine rings is 1. The molecule has 0 bridgehead atoms. The van der Waals surface area contributed by atoms with Crippen molar-refractivity contribution in [2.45, 2.75) is 62.4 Å². The Balaban J connectivity index is 0.00000167. The van der Waals surface area contributed by atoms with E-state index in [4.69, 9.17) is 21.5 Å². The molecule has 15 heteroatoms. The smallest absolute Gasteiger partial charge is 0.416 e. The number of benzene rings is 2. The molecule has 5 rings (SSSR count). The SMILES string of the molecule is CCc1nn(CC(=O)N(Cc2ccc(-c3ccc(C(F)(F)F)cc3)cc2)C2CCN(C)CC2)c(SCc2csc(Cl)c2)nc1=O.O=CO. The topological polar surface area (TPSA) is 109 Å². The zero-order valence-corrected chi connectivity index (χ0v) is 28.7. The van der Waals surface area contributed by atoms with Crippen LogP contribution < -0.4 is 5.56 Å². The molecule has 0 spiro atoms. The number of aromatic nitrogens is 3. The highest BCUT2D eigenvalue weighted by Crippen LogP contribution is 2.31. The molecule has 1 saturated heterocycles. The first kappa shape index (κ1) is 37.1. The molecule has 2 aromatic carbocycles. The maximum atomic E-state index is 14.0. The van der Waals surface area contributed by atoms with Crippen molar-refractivity contribution in [3.05, 3.63) is 97.1 Å². The molecule has 2 aromatic heterocycles. The van der Waals surface area contributed by atoms with E-state index in [0.717, 1.165) is 54.8 Å². The fourth-order valence-electron chi connectivity index (χ4n) is 5.24. The molecule has 48 heavy (non-hydrogen) atoms. The molecule has 1 aliphatic rings. The molecule has 0 saturated carbocycles. The minimum atomic E-state index is -4.39. The van der Waals surface area contributed by atoms with Crippen LogP contribution >= 0.6 is 34.7 Å². The van der Waals surface area contributed by atoms with Crippen molar-refractivity contribution < 1.29 is 27.9 Å². The van der Waals surface area contributed by atoms with E-state index in [9.17, 15) is 22.8 Å². The van der Waals surface area contributed by atoms with Crippen LogP contribution in [0.3, 0.4) is 0 Å². The maximum Gasteiger partial charge on any atom is 0.416 e. The summed E-state index contributed by atoms with van der Waals surface area (Å²) >= 11 is 8.85. The van der Waals surface area contributed by atoms with E-state index in [-0.39, 0.29) is 25.0 Å². The van der Waals surface area contributed by atoms with Crippen LogP contribution in [0.1, 0.15) is 42.1 Å². The number of halogens is 4. The lowest BCUT2D eigenvalue weighted by molar-refractivity contribution is -0.138. The van der Waals surface area contributed by atoms with Crippen molar-refractivity contribution in [2.75, 3.05) is 20.1 Å². The molecule has 1 N–H and O–H groups in total. The summed E-state index contributed by atoms with van der Waals surface area (Å²) in [6.07, 6.45) is -2.34. The van der Waals surface area contributed by atoms with Crippen molar-refractivity contribution in [1.29, 1.82) is 0 Å². The van der Waals surface area contributed by atoms with Gasteiger partial charge in [-0.2, -0.15) is 23.3 Å². The first-order valence-corrected chi connectivity index (χ1v) is 17.3. The Bertz CT molecular complexity index is 1730. The molecule has 1 aliphatic heterocycles. The molecule has 0 unspecified atom stereocenters. The highest BCUT2D eigenvalue weighted by Gasteiger charge is 2.30. The highest BCUT2D eigenvalue weighted by molar-refractivity contribution is 7.98. The van der Waals surface area contributed by atoms with E-state index in [2.05, 4.69) is 22.0 Å². The number of amides is 1. The van der Waals surface area contributed by atoms with Crippen molar-refractivity contribution >= 4 is 47.1 Å². The average Bonchev–Trinajstić information content (AvgIpc) is 3.49. The Kier molecular flexibility index (Phi) is 13.2. The number of carboxylic acid groups (broad SMARTS) is 1. The third-order valence-corrected chi connectivity index (χ3v) is 10.00. The predicted octanol–water partition coefficient (Wildman–Crippen LogP) is 6.72. The van der Waals surface area contributed by atoms with Gasteiger partial charge >= 0.3 is 6.18 Å². The number of thiophene rings is 1. The number of alkyl halides is 3. The lowest BCUT2D eigenvalue weighted by Crippen LogP contribution is -2.47. The first-order valence-electron chi connectivity index (χ1n) is 15.1. The zero-order valence-electron chi connectivity index (χ0n) is 26.3. The van der Waals surface area contributed by atoms with E-state index < -0.39 is 17.3 Å². The molecule has 0 radical (unpaired) electrons. The van der Waals surface area contributed by atoms with Crippen LogP contribution in [0.25, 0.3) is 11.1 Å². The molecule has 1 fully saturated rings. The number of carbonyl (C=O) groups excluding carboxylic acids is 1. The zero-order chi connectivity index (χ0) is 34.8. The normalized spacial score (nSPS) is 13.9. The minimum Gasteiger partial charge on any atom is -0.483 e. The van der Waals surface area contributed by atoms with Gasteiger partial charge < -0.3 is 14.9 Å². The minimum absolute atomic E-state index is 0.0188. The van der Waals surface area contributed by atoms with Gasteiger partial charge in [0.25, 0.3) is 12.0 Å². The van der Waals surface area contributed by atoms with Gasteiger partial charge in [-0.05, 0) is 85.2 Å². The van der Waals surface area contributed by atoms with Gasteiger partial charge in [0.05, 0.1) is 9.90 Å². The number of likely N-dealkylation sites (tertiary alicyclic amines) is 1. The van der Waals surface area contributed by atoms with Crippen LogP contribution in [0.5, 0.6) is 0 Å². The van der Waals surface area contributed by atoms with Crippen molar-refractivity contribution in [1.82, 2.24) is 24.6 Å². The number of carbonyl (C=O) groups is 2. The summed E-state index contributed by atoms with van der Waals surface area (Å²) in [5.74, 6) is 0.401. The summed E-state index contributed by atoms with van der Waals surface area (Å²) in [4.78, 5) is 43.4. The van der Waals surface area contributed by atoms with E-state index >= 15 is 0 Å². The Morgan fingerprint density at radius 1 is 1.10 bits per heavy atom. The van der Waals surface area contributed by atoms with Gasteiger partial charge in [-0.25, -0.2) is 4.68 Å². The Hall–Kier alpha value is -3.72. The Labute approximate surface area is 289 Å². The monoisotopic (exact) mass is 721 g/mol. The number of hydrogen-bond donors (Lipinski definition) is 1. The van der Waals surface area contributed by atoms with Crippen LogP contribution in [0.4, 0.5) is 13.2 Å². The predicted molar refractivity (Wildman–Crippen MR) is 181 cm³/mol. The lowest BCUT2D eigenvalue weighted by atomic mass is 10.0. The van der Waals surface area contributed by atoms with Crippen LogP contribution in [-0.4, -0.2) is 68.2 Å². The second-order valence-corrected chi connectivity index (χ2v) is 13.6. The molecule has 256 valence electrons. The van der Waals surface area contributed by atoms with Gasteiger partial charge in [0, 0.05) is 18.3 Å². The van der Waals surface area contributed by atoms with E-state index in [1.54, 1.807) is 0 Å². The standard InChI is InChI=1S/C32H33ClF3N5O2S2.CH2O2/c1-3-27-30(43)37-31(45-20-22-16-28(33)44-19-22)41(38-27)18-29(42)40(26-12-14-39(2)15-13-26)17-21-4-6-23(7-5-21)24-8-10-25(11-9-24)32(34,35)36;2-1-3/h4-11,16,19,26H,3,12-15,17-18,20H2,1-2H3;1H,(H,2,3). The number of hydrogen-bond acceptors (Lipinski definition) is 8. The van der Waals surface area contributed by atoms with Gasteiger partial charge in [-0.3, -0.25) is 14.4 Å². The first-order chi connectivity index (χ1) is 22.9. The molecular weight excluding hydrogens is 687 g/mol. The van der Waals surface area contributed by atoms with E-state index in [1.165, 1.54) is 39.9 Å². The number of thioether (sulfide) groups is 1. The number of aryl methyl sites for hydroxylation is 1. The van der Waals surface area contributed by atoms with E-state index in [1.807, 2.05) is 47.5 Å². The van der Waals surface area contributed by atoms with Crippen molar-refractivity contribution in [3.63, 3.8) is 0 Å². The van der Waals surface area contributed by atoms with Gasteiger partial charge in [-0.1, -0.05) is 66.7 Å². The third-order valence-electron chi connectivity index (χ3n) is 7.82. The maximum absolute atomic E-state index is 14.0. The summed E-state index contributed by atoms with van der Waals surface area (Å²) < 4.78 is 41.2. The molecule has 3 heterocycles. The van der Waals surface area contributed by atoms with Crippen LogP contribution in [0.15, 0.2) is 69.9 Å². The number of nitrogens with zero attached hydrogens (tertiary/aromatic N) is 5. The second kappa shape index (κ2) is 17.1. The van der Waals surface area contributed by atoms with E-state index in [0.29, 0.717) is 39.5 Å². The second-order valence-electron chi connectivity index (χ2n) is 11.1. The van der Waals surface area contributed by atoms with Gasteiger partial charge in [0.2, 0.25) is 5.91 Å². The van der Waals surface area contributed by atoms with Gasteiger partial charge in [-0.15, -0.1) is 11.3 Å². The summed E-state index contributed by atoms with van der Waals surface area (Å²) in [7, 11) is 2.06. The van der Waals surface area contributed by atoms with Crippen LogP contribution in [-0.2, 0) is 41.0 Å². The Morgan fingerprint density at radius 2 is 1.71 bits per heavy atom. The number of rotatable bonds is 10. The van der Waals surface area contributed by atoms with Gasteiger partial charge in [0.15, 0.2) is 5.16 Å². The largest absolute Gasteiger partial charge is 0.483 e. The lowest BCUT2D eigenvalue weighted by Gasteiger charge is -2.37. The molecule has 4 aromatic rings. The van der Waals surface area contributed by atoms with Crippen molar-refractivity contribution in [3.8, 4) is 11.1 Å². The fourth-order valence-corrected chi connectivity index (χ4v) is 7.12. The molecule has 9 nitrogen and oxygen atoms in total. The Morgan fingerprint density at radius 3 is 2.25 bits per heavy atom. The summed E-state index contributed by atoms with van der Waals surface area (Å²) in [5.41, 5.74) is 2.58. The molecule has 1 amide bonds. The van der Waals surface area contributed by atoms with Crippen molar-refractivity contribution in [2.24, 2.45) is 0 Å². The summed E-state index contributed by atoms with van der Waals surface area (Å²) in [5, 5.41) is 13.7. The van der Waals surface area contributed by atoms with Crippen LogP contribution in [0.2, 0.25) is 4.34 Å². The average molecular weight is 722 g/mol. The fraction of sp³-hybridized carbons (Fsp3) is 0.364. The third kappa shape index (κ3) is 10.1. The molecular formula is C33H35ClF3N5O4S2. The molecule has 0 atom stereocenters. The highest BCUT2D eigenvalue weighted by atomic mass is 35.5. The summed E-state index contributed by atoms with van der Waals surface area (Å²) in [6, 6.07) is 14.5. The van der Waals surface area contributed by atoms with Crippen LogP contribution in [0, 0.1) is 0 Å².